The van der Waals surface area contributed by atoms with E-state index in [9.17, 15) is 18.0 Å². The molecular formula is C15H13F3N2O. The third kappa shape index (κ3) is 3.53. The van der Waals surface area contributed by atoms with E-state index in [1.807, 2.05) is 0 Å². The van der Waals surface area contributed by atoms with Crippen LogP contribution in [0, 0.1) is 17.5 Å². The molecule has 0 aliphatic heterocycles. The second-order valence-electron chi connectivity index (χ2n) is 4.67. The number of urea groups is 1. The minimum Gasteiger partial charge on any atom is -0.331 e. The van der Waals surface area contributed by atoms with E-state index in [2.05, 4.69) is 5.32 Å². The van der Waals surface area contributed by atoms with E-state index in [1.165, 1.54) is 11.0 Å². The van der Waals surface area contributed by atoms with Crippen LogP contribution in [0.2, 0.25) is 0 Å². The molecule has 2 amide bonds. The summed E-state index contributed by atoms with van der Waals surface area (Å²) in [6.07, 6.45) is 0. The van der Waals surface area contributed by atoms with Crippen LogP contribution in [0.15, 0.2) is 36.4 Å². The predicted molar refractivity (Wildman–Crippen MR) is 74.5 cm³/mol. The molecule has 3 nitrogen and oxygen atoms in total. The van der Waals surface area contributed by atoms with Crippen molar-refractivity contribution in [3.63, 3.8) is 0 Å². The number of benzene rings is 2. The molecule has 0 aromatic heterocycles. The lowest BCUT2D eigenvalue weighted by atomic mass is 10.0. The molecule has 110 valence electrons. The summed E-state index contributed by atoms with van der Waals surface area (Å²) >= 11 is 0. The molecule has 0 fully saturated rings. The van der Waals surface area contributed by atoms with E-state index in [-0.39, 0.29) is 16.8 Å². The van der Waals surface area contributed by atoms with Crippen LogP contribution in [-0.4, -0.2) is 25.0 Å². The van der Waals surface area contributed by atoms with Gasteiger partial charge in [0.05, 0.1) is 5.69 Å². The molecule has 0 unspecified atom stereocenters. The average molecular weight is 294 g/mol. The second-order valence-corrected chi connectivity index (χ2v) is 4.67. The van der Waals surface area contributed by atoms with Gasteiger partial charge in [-0.15, -0.1) is 0 Å². The fourth-order valence-corrected chi connectivity index (χ4v) is 1.80. The number of rotatable bonds is 2. The molecule has 0 saturated heterocycles. The Morgan fingerprint density at radius 3 is 2.14 bits per heavy atom. The van der Waals surface area contributed by atoms with Gasteiger partial charge in [-0.05, 0) is 35.9 Å². The first kappa shape index (κ1) is 14.9. The maximum Gasteiger partial charge on any atom is 0.321 e. The second kappa shape index (κ2) is 5.87. The van der Waals surface area contributed by atoms with Gasteiger partial charge in [-0.1, -0.05) is 0 Å². The lowest BCUT2D eigenvalue weighted by molar-refractivity contribution is 0.230. The zero-order valence-corrected chi connectivity index (χ0v) is 11.5. The number of amides is 2. The molecule has 6 heteroatoms. The van der Waals surface area contributed by atoms with Gasteiger partial charge in [-0.25, -0.2) is 18.0 Å². The molecule has 0 bridgehead atoms. The van der Waals surface area contributed by atoms with E-state index in [0.717, 1.165) is 30.3 Å². The zero-order valence-electron chi connectivity index (χ0n) is 11.5. The fourth-order valence-electron chi connectivity index (χ4n) is 1.80. The summed E-state index contributed by atoms with van der Waals surface area (Å²) in [4.78, 5) is 13.0. The Morgan fingerprint density at radius 2 is 1.57 bits per heavy atom. The third-order valence-corrected chi connectivity index (χ3v) is 2.80. The van der Waals surface area contributed by atoms with Gasteiger partial charge in [-0.3, -0.25) is 0 Å². The molecule has 0 aliphatic rings. The SMILES string of the molecule is CN(C)C(=O)Nc1ccc(F)cc1-c1cc(F)cc(F)c1. The number of hydrogen-bond acceptors (Lipinski definition) is 1. The van der Waals surface area contributed by atoms with Crippen LogP contribution in [-0.2, 0) is 0 Å². The van der Waals surface area contributed by atoms with Crippen molar-refractivity contribution >= 4 is 11.7 Å². The first-order valence-electron chi connectivity index (χ1n) is 6.11. The van der Waals surface area contributed by atoms with Crippen molar-refractivity contribution in [1.29, 1.82) is 0 Å². The smallest absolute Gasteiger partial charge is 0.321 e. The van der Waals surface area contributed by atoms with E-state index in [1.54, 1.807) is 14.1 Å². The molecule has 2 rings (SSSR count). The Labute approximate surface area is 120 Å². The summed E-state index contributed by atoms with van der Waals surface area (Å²) < 4.78 is 40.0. The minimum absolute atomic E-state index is 0.140. The van der Waals surface area contributed by atoms with Crippen molar-refractivity contribution in [3.8, 4) is 11.1 Å². The number of anilines is 1. The van der Waals surface area contributed by atoms with E-state index in [4.69, 9.17) is 0 Å². The summed E-state index contributed by atoms with van der Waals surface area (Å²) in [5, 5.41) is 2.55. The molecule has 21 heavy (non-hydrogen) atoms. The van der Waals surface area contributed by atoms with Gasteiger partial charge in [0.15, 0.2) is 0 Å². The molecule has 2 aromatic rings. The summed E-state index contributed by atoms with van der Waals surface area (Å²) in [5.41, 5.74) is 0.602. The van der Waals surface area contributed by atoms with Gasteiger partial charge in [0.2, 0.25) is 0 Å². The normalized spacial score (nSPS) is 10.3. The highest BCUT2D eigenvalue weighted by atomic mass is 19.1. The summed E-state index contributed by atoms with van der Waals surface area (Å²) in [7, 11) is 3.08. The first-order chi connectivity index (χ1) is 9.86. The lowest BCUT2D eigenvalue weighted by Gasteiger charge is -2.15. The van der Waals surface area contributed by atoms with Crippen LogP contribution in [0.4, 0.5) is 23.7 Å². The quantitative estimate of drug-likeness (QED) is 0.896. The Morgan fingerprint density at radius 1 is 0.952 bits per heavy atom. The average Bonchev–Trinajstić information content (AvgIpc) is 2.39. The first-order valence-corrected chi connectivity index (χ1v) is 6.11. The Kier molecular flexibility index (Phi) is 4.16. The van der Waals surface area contributed by atoms with Gasteiger partial charge >= 0.3 is 6.03 Å². The number of nitrogens with zero attached hydrogens (tertiary/aromatic N) is 1. The molecule has 0 spiro atoms. The van der Waals surface area contributed by atoms with Crippen LogP contribution in [0.3, 0.4) is 0 Å². The highest BCUT2D eigenvalue weighted by molar-refractivity contribution is 5.94. The molecule has 0 atom stereocenters. The fraction of sp³-hybridized carbons (Fsp3) is 0.133. The van der Waals surface area contributed by atoms with Crippen molar-refractivity contribution in [2.24, 2.45) is 0 Å². The molecule has 1 N–H and O–H groups in total. The number of halogens is 3. The van der Waals surface area contributed by atoms with Gasteiger partial charge in [-0.2, -0.15) is 0 Å². The zero-order chi connectivity index (χ0) is 15.6. The molecule has 0 radical (unpaired) electrons. The maximum absolute atomic E-state index is 13.4. The number of carbonyl (C=O) groups is 1. The topological polar surface area (TPSA) is 32.3 Å². The summed E-state index contributed by atoms with van der Waals surface area (Å²) in [6.45, 7) is 0. The van der Waals surface area contributed by atoms with Crippen LogP contribution in [0.1, 0.15) is 0 Å². The third-order valence-electron chi connectivity index (χ3n) is 2.80. The van der Waals surface area contributed by atoms with Crippen molar-refractivity contribution in [1.82, 2.24) is 4.90 Å². The van der Waals surface area contributed by atoms with Crippen molar-refractivity contribution < 1.29 is 18.0 Å². The molecular weight excluding hydrogens is 281 g/mol. The highest BCUT2D eigenvalue weighted by Crippen LogP contribution is 2.30. The summed E-state index contributed by atoms with van der Waals surface area (Å²) in [6, 6.07) is 6.05. The molecule has 0 saturated carbocycles. The largest absolute Gasteiger partial charge is 0.331 e. The maximum atomic E-state index is 13.4. The summed E-state index contributed by atoms with van der Waals surface area (Å²) in [5.74, 6) is -2.13. The van der Waals surface area contributed by atoms with Crippen LogP contribution in [0.5, 0.6) is 0 Å². The van der Waals surface area contributed by atoms with Crippen molar-refractivity contribution in [2.75, 3.05) is 19.4 Å². The van der Waals surface area contributed by atoms with Crippen molar-refractivity contribution in [2.45, 2.75) is 0 Å². The van der Waals surface area contributed by atoms with Crippen LogP contribution >= 0.6 is 0 Å². The Bertz CT molecular complexity index is 666. The molecule has 0 aliphatic carbocycles. The van der Waals surface area contributed by atoms with E-state index >= 15 is 0 Å². The number of carbonyl (C=O) groups excluding carboxylic acids is 1. The van der Waals surface area contributed by atoms with Crippen LogP contribution < -0.4 is 5.32 Å². The molecule has 2 aromatic carbocycles. The van der Waals surface area contributed by atoms with Crippen molar-refractivity contribution in [3.05, 3.63) is 53.8 Å². The number of nitrogens with one attached hydrogen (secondary N) is 1. The standard InChI is InChI=1S/C15H13F3N2O/c1-20(2)15(21)19-14-4-3-10(16)8-13(14)9-5-11(17)7-12(18)6-9/h3-8H,1-2H3,(H,19,21). The van der Waals surface area contributed by atoms with Gasteiger partial charge in [0.25, 0.3) is 0 Å². The van der Waals surface area contributed by atoms with Gasteiger partial charge in [0.1, 0.15) is 17.5 Å². The predicted octanol–water partition coefficient (Wildman–Crippen LogP) is 3.86. The number of hydrogen-bond donors (Lipinski definition) is 1. The monoisotopic (exact) mass is 294 g/mol. The minimum atomic E-state index is -0.779. The van der Waals surface area contributed by atoms with E-state index in [0.29, 0.717) is 0 Å². The van der Waals surface area contributed by atoms with E-state index < -0.39 is 23.5 Å². The molecule has 0 heterocycles. The van der Waals surface area contributed by atoms with Gasteiger partial charge in [0, 0.05) is 25.7 Å². The Balaban J connectivity index is 2.51. The van der Waals surface area contributed by atoms with Crippen LogP contribution in [0.25, 0.3) is 11.1 Å². The highest BCUT2D eigenvalue weighted by Gasteiger charge is 2.12. The Hall–Kier alpha value is -2.50. The lowest BCUT2D eigenvalue weighted by Crippen LogP contribution is -2.27. The van der Waals surface area contributed by atoms with Gasteiger partial charge < -0.3 is 10.2 Å².